The second kappa shape index (κ2) is 7.42. The molecule has 0 heterocycles. The summed E-state index contributed by atoms with van der Waals surface area (Å²) in [5.74, 6) is 0.658. The van der Waals surface area contributed by atoms with E-state index in [1.54, 1.807) is 0 Å². The van der Waals surface area contributed by atoms with E-state index in [0.29, 0.717) is 12.0 Å². The quantitative estimate of drug-likeness (QED) is 0.715. The number of benzene rings is 1. The van der Waals surface area contributed by atoms with Crippen LogP contribution in [0.2, 0.25) is 0 Å². The third-order valence-electron chi connectivity index (χ3n) is 2.86. The van der Waals surface area contributed by atoms with Crippen molar-refractivity contribution in [3.05, 3.63) is 35.9 Å². The van der Waals surface area contributed by atoms with E-state index in [0.717, 1.165) is 19.6 Å². The van der Waals surface area contributed by atoms with Gasteiger partial charge in [-0.3, -0.25) is 0 Å². The van der Waals surface area contributed by atoms with Crippen molar-refractivity contribution in [2.24, 2.45) is 5.92 Å². The maximum atomic E-state index is 5.66. The van der Waals surface area contributed by atoms with Gasteiger partial charge in [0.15, 0.2) is 0 Å². The van der Waals surface area contributed by atoms with Gasteiger partial charge in [0, 0.05) is 12.6 Å². The first kappa shape index (κ1) is 13.2. The Morgan fingerprint density at radius 1 is 1.19 bits per heavy atom. The van der Waals surface area contributed by atoms with Gasteiger partial charge >= 0.3 is 0 Å². The van der Waals surface area contributed by atoms with Gasteiger partial charge in [-0.2, -0.15) is 0 Å². The smallest absolute Gasteiger partial charge is 0.0716 e. The number of hydrogen-bond acceptors (Lipinski definition) is 2. The minimum absolute atomic E-state index is 0.552. The molecule has 1 aromatic rings. The van der Waals surface area contributed by atoms with E-state index in [2.05, 4.69) is 31.3 Å². The van der Waals surface area contributed by atoms with Crippen molar-refractivity contribution >= 4 is 0 Å². The Kier molecular flexibility index (Phi) is 6.12. The molecule has 2 heteroatoms. The van der Waals surface area contributed by atoms with Crippen LogP contribution in [0.1, 0.15) is 25.8 Å². The SMILES string of the molecule is CNC(CCOCc1ccccc1)C(C)C. The van der Waals surface area contributed by atoms with Crippen molar-refractivity contribution in [3.8, 4) is 0 Å². The maximum Gasteiger partial charge on any atom is 0.0716 e. The van der Waals surface area contributed by atoms with E-state index in [9.17, 15) is 0 Å². The molecule has 0 amide bonds. The zero-order valence-corrected chi connectivity index (χ0v) is 10.6. The van der Waals surface area contributed by atoms with Crippen molar-refractivity contribution in [3.63, 3.8) is 0 Å². The Balaban J connectivity index is 2.16. The van der Waals surface area contributed by atoms with E-state index >= 15 is 0 Å². The van der Waals surface area contributed by atoms with Crippen molar-refractivity contribution in [1.29, 1.82) is 0 Å². The van der Waals surface area contributed by atoms with Crippen LogP contribution in [-0.2, 0) is 11.3 Å². The minimum Gasteiger partial charge on any atom is -0.377 e. The Morgan fingerprint density at radius 2 is 1.88 bits per heavy atom. The van der Waals surface area contributed by atoms with Gasteiger partial charge in [-0.1, -0.05) is 44.2 Å². The van der Waals surface area contributed by atoms with Crippen LogP contribution in [0.25, 0.3) is 0 Å². The van der Waals surface area contributed by atoms with Gasteiger partial charge in [-0.15, -0.1) is 0 Å². The molecular weight excluding hydrogens is 198 g/mol. The van der Waals surface area contributed by atoms with Gasteiger partial charge in [0.25, 0.3) is 0 Å². The molecule has 1 unspecified atom stereocenters. The van der Waals surface area contributed by atoms with Crippen LogP contribution >= 0.6 is 0 Å². The number of hydrogen-bond donors (Lipinski definition) is 1. The van der Waals surface area contributed by atoms with Crippen LogP contribution < -0.4 is 5.32 Å². The highest BCUT2D eigenvalue weighted by Gasteiger charge is 2.09. The summed E-state index contributed by atoms with van der Waals surface area (Å²) >= 11 is 0. The summed E-state index contributed by atoms with van der Waals surface area (Å²) in [6.45, 7) is 6.00. The highest BCUT2D eigenvalue weighted by molar-refractivity contribution is 5.13. The average Bonchev–Trinajstić information content (AvgIpc) is 2.30. The second-order valence-electron chi connectivity index (χ2n) is 4.47. The molecular formula is C14H23NO. The number of ether oxygens (including phenoxy) is 1. The lowest BCUT2D eigenvalue weighted by Crippen LogP contribution is -2.31. The summed E-state index contributed by atoms with van der Waals surface area (Å²) < 4.78 is 5.66. The fourth-order valence-corrected chi connectivity index (χ4v) is 1.79. The van der Waals surface area contributed by atoms with Gasteiger partial charge in [0.1, 0.15) is 0 Å². The standard InChI is InChI=1S/C14H23NO/c1-12(2)14(15-3)9-10-16-11-13-7-5-4-6-8-13/h4-8,12,14-15H,9-11H2,1-3H3. The number of nitrogens with one attached hydrogen (secondary N) is 1. The molecule has 0 aliphatic rings. The molecule has 90 valence electrons. The molecule has 0 bridgehead atoms. The maximum absolute atomic E-state index is 5.66. The van der Waals surface area contributed by atoms with Crippen LogP contribution in [0.3, 0.4) is 0 Å². The van der Waals surface area contributed by atoms with Gasteiger partial charge in [-0.05, 0) is 24.9 Å². The Morgan fingerprint density at radius 3 is 2.44 bits per heavy atom. The molecule has 1 atom stereocenters. The van der Waals surface area contributed by atoms with E-state index in [-0.39, 0.29) is 0 Å². The predicted molar refractivity (Wildman–Crippen MR) is 68.4 cm³/mol. The third kappa shape index (κ3) is 4.77. The molecule has 16 heavy (non-hydrogen) atoms. The largest absolute Gasteiger partial charge is 0.377 e. The lowest BCUT2D eigenvalue weighted by atomic mass is 10.0. The van der Waals surface area contributed by atoms with E-state index in [1.165, 1.54) is 5.56 Å². The first-order chi connectivity index (χ1) is 7.74. The molecule has 0 radical (unpaired) electrons. The Bertz CT molecular complexity index is 271. The fraction of sp³-hybridized carbons (Fsp3) is 0.571. The first-order valence-electron chi connectivity index (χ1n) is 6.03. The van der Waals surface area contributed by atoms with Crippen molar-refractivity contribution < 1.29 is 4.74 Å². The minimum atomic E-state index is 0.552. The predicted octanol–water partition coefficient (Wildman–Crippen LogP) is 2.84. The third-order valence-corrected chi connectivity index (χ3v) is 2.86. The molecule has 0 aliphatic heterocycles. The summed E-state index contributed by atoms with van der Waals surface area (Å²) in [5, 5.41) is 3.32. The molecule has 0 fully saturated rings. The summed E-state index contributed by atoms with van der Waals surface area (Å²) in [6, 6.07) is 10.9. The molecule has 1 rings (SSSR count). The number of rotatable bonds is 7. The van der Waals surface area contributed by atoms with Gasteiger partial charge in [0.05, 0.1) is 6.61 Å². The monoisotopic (exact) mass is 221 g/mol. The van der Waals surface area contributed by atoms with Crippen LogP contribution in [0.5, 0.6) is 0 Å². The van der Waals surface area contributed by atoms with Crippen LogP contribution in [0.4, 0.5) is 0 Å². The molecule has 1 aromatic carbocycles. The van der Waals surface area contributed by atoms with E-state index in [1.807, 2.05) is 25.2 Å². The summed E-state index contributed by atoms with van der Waals surface area (Å²) in [7, 11) is 2.02. The summed E-state index contributed by atoms with van der Waals surface area (Å²) in [4.78, 5) is 0. The van der Waals surface area contributed by atoms with Gasteiger partial charge < -0.3 is 10.1 Å². The second-order valence-corrected chi connectivity index (χ2v) is 4.47. The summed E-state index contributed by atoms with van der Waals surface area (Å²) in [6.07, 6.45) is 1.07. The molecule has 0 aliphatic carbocycles. The lowest BCUT2D eigenvalue weighted by molar-refractivity contribution is 0.107. The van der Waals surface area contributed by atoms with Crippen LogP contribution in [0.15, 0.2) is 30.3 Å². The van der Waals surface area contributed by atoms with Gasteiger partial charge in [0.2, 0.25) is 0 Å². The molecule has 0 saturated carbocycles. The van der Waals surface area contributed by atoms with E-state index in [4.69, 9.17) is 4.74 Å². The topological polar surface area (TPSA) is 21.3 Å². The first-order valence-corrected chi connectivity index (χ1v) is 6.03. The highest BCUT2D eigenvalue weighted by atomic mass is 16.5. The fourth-order valence-electron chi connectivity index (χ4n) is 1.79. The van der Waals surface area contributed by atoms with Crippen LogP contribution in [-0.4, -0.2) is 19.7 Å². The van der Waals surface area contributed by atoms with Crippen molar-refractivity contribution in [2.75, 3.05) is 13.7 Å². The molecule has 0 saturated heterocycles. The average molecular weight is 221 g/mol. The Labute approximate surface area is 99.0 Å². The highest BCUT2D eigenvalue weighted by Crippen LogP contribution is 2.07. The van der Waals surface area contributed by atoms with E-state index < -0.39 is 0 Å². The molecule has 0 spiro atoms. The van der Waals surface area contributed by atoms with Gasteiger partial charge in [-0.25, -0.2) is 0 Å². The zero-order valence-electron chi connectivity index (χ0n) is 10.6. The summed E-state index contributed by atoms with van der Waals surface area (Å²) in [5.41, 5.74) is 1.24. The Hall–Kier alpha value is -0.860. The van der Waals surface area contributed by atoms with Crippen LogP contribution in [0, 0.1) is 5.92 Å². The van der Waals surface area contributed by atoms with Crippen molar-refractivity contribution in [1.82, 2.24) is 5.32 Å². The molecule has 2 nitrogen and oxygen atoms in total. The zero-order chi connectivity index (χ0) is 11.8. The lowest BCUT2D eigenvalue weighted by Gasteiger charge is -2.19. The van der Waals surface area contributed by atoms with Crippen molar-refractivity contribution in [2.45, 2.75) is 32.9 Å². The molecule has 0 aromatic heterocycles. The normalized spacial score (nSPS) is 13.0. The molecule has 1 N–H and O–H groups in total.